The Morgan fingerprint density at radius 3 is 2.68 bits per heavy atom. The van der Waals surface area contributed by atoms with Gasteiger partial charge in [0.2, 0.25) is 0 Å². The summed E-state index contributed by atoms with van der Waals surface area (Å²) in [6.07, 6.45) is -4.14. The Kier molecular flexibility index (Phi) is 5.95. The van der Waals surface area contributed by atoms with Crippen LogP contribution in [0.2, 0.25) is 5.02 Å². The van der Waals surface area contributed by atoms with Crippen LogP contribution in [0.3, 0.4) is 0 Å². The van der Waals surface area contributed by atoms with Crippen LogP contribution in [0, 0.1) is 24.1 Å². The maximum absolute atomic E-state index is 13.5. The fourth-order valence-electron chi connectivity index (χ4n) is 3.42. The lowest BCUT2D eigenvalue weighted by Gasteiger charge is -2.23. The molecule has 12 heteroatoms. The summed E-state index contributed by atoms with van der Waals surface area (Å²) < 4.78 is 59.1. The number of halogens is 5. The Bertz CT molecular complexity index is 1310. The van der Waals surface area contributed by atoms with Crippen LogP contribution in [0.4, 0.5) is 17.6 Å². The van der Waals surface area contributed by atoms with Crippen LogP contribution in [0.25, 0.3) is 5.82 Å². The number of amides is 1. The van der Waals surface area contributed by atoms with Crippen LogP contribution in [-0.4, -0.2) is 37.9 Å². The molecule has 176 valence electrons. The van der Waals surface area contributed by atoms with Gasteiger partial charge in [-0.1, -0.05) is 11.6 Å². The van der Waals surface area contributed by atoms with Crippen LogP contribution < -0.4 is 4.74 Å². The molecule has 1 aromatic carbocycles. The van der Waals surface area contributed by atoms with Gasteiger partial charge in [-0.2, -0.15) is 23.5 Å². The van der Waals surface area contributed by atoms with E-state index in [0.717, 1.165) is 19.2 Å². The number of benzene rings is 1. The molecule has 1 amide bonds. The van der Waals surface area contributed by atoms with Crippen LogP contribution >= 0.6 is 11.6 Å². The average Bonchev–Trinajstić information content (AvgIpc) is 3.34. The quantitative estimate of drug-likeness (QED) is 0.491. The van der Waals surface area contributed by atoms with Crippen molar-refractivity contribution in [3.63, 3.8) is 0 Å². The monoisotopic (exact) mass is 493 g/mol. The van der Waals surface area contributed by atoms with Crippen molar-refractivity contribution >= 4 is 17.5 Å². The number of rotatable bonds is 4. The van der Waals surface area contributed by atoms with E-state index in [2.05, 4.69) is 10.1 Å². The zero-order valence-corrected chi connectivity index (χ0v) is 18.6. The lowest BCUT2D eigenvalue weighted by Crippen LogP contribution is -2.33. The average molecular weight is 494 g/mol. The zero-order chi connectivity index (χ0) is 24.8. The molecule has 4 rings (SSSR count). The third kappa shape index (κ3) is 4.28. The Hall–Kier alpha value is -3.65. The number of nitriles is 1. The molecule has 0 bridgehead atoms. The van der Waals surface area contributed by atoms with Gasteiger partial charge in [-0.15, -0.1) is 0 Å². The predicted octanol–water partition coefficient (Wildman–Crippen LogP) is 4.73. The standard InChI is InChI=1S/C22H16ClF4N5O2/c1-11-5-18(29-7-15(11)24)32-9-14-8-31(10-16(14)30-32)21(33)19-17(34-12(2)22(25,26)27)4-3-13(6-28)20(19)23/h3-5,7,9,12H,8,10H2,1-2H3. The second kappa shape index (κ2) is 8.61. The van der Waals surface area contributed by atoms with E-state index >= 15 is 0 Å². The van der Waals surface area contributed by atoms with Gasteiger partial charge in [-0.3, -0.25) is 4.79 Å². The van der Waals surface area contributed by atoms with Gasteiger partial charge in [-0.05, 0) is 37.6 Å². The van der Waals surface area contributed by atoms with Crippen LogP contribution in [-0.2, 0) is 13.1 Å². The van der Waals surface area contributed by atoms with E-state index in [1.165, 1.54) is 21.7 Å². The SMILES string of the molecule is Cc1cc(-n2cc3c(n2)CN(C(=O)c2c(OC(C)C(F)(F)F)ccc(C#N)c2Cl)C3)ncc1F. The van der Waals surface area contributed by atoms with Gasteiger partial charge < -0.3 is 9.64 Å². The summed E-state index contributed by atoms with van der Waals surface area (Å²) in [5.41, 5.74) is 1.21. The van der Waals surface area contributed by atoms with E-state index in [1.54, 1.807) is 13.1 Å². The van der Waals surface area contributed by atoms with Gasteiger partial charge in [0.25, 0.3) is 5.91 Å². The minimum Gasteiger partial charge on any atom is -0.480 e. The molecule has 2 aromatic heterocycles. The highest BCUT2D eigenvalue weighted by Gasteiger charge is 2.39. The van der Waals surface area contributed by atoms with Gasteiger partial charge in [-0.25, -0.2) is 14.1 Å². The van der Waals surface area contributed by atoms with Crippen molar-refractivity contribution in [2.24, 2.45) is 0 Å². The Labute approximate surface area is 196 Å². The molecule has 7 nitrogen and oxygen atoms in total. The summed E-state index contributed by atoms with van der Waals surface area (Å²) in [6, 6.07) is 5.65. The fourth-order valence-corrected chi connectivity index (χ4v) is 3.70. The third-order valence-electron chi connectivity index (χ3n) is 5.34. The summed E-state index contributed by atoms with van der Waals surface area (Å²) in [4.78, 5) is 18.6. The van der Waals surface area contributed by atoms with Gasteiger partial charge in [0.1, 0.15) is 23.2 Å². The molecule has 0 saturated carbocycles. The molecule has 0 aliphatic carbocycles. The number of hydrogen-bond donors (Lipinski definition) is 0. The van der Waals surface area contributed by atoms with Gasteiger partial charge in [0, 0.05) is 18.3 Å². The molecule has 0 radical (unpaired) electrons. The molecule has 1 atom stereocenters. The van der Waals surface area contributed by atoms with Crippen molar-refractivity contribution in [2.45, 2.75) is 39.2 Å². The van der Waals surface area contributed by atoms with Crippen molar-refractivity contribution in [3.8, 4) is 17.6 Å². The highest BCUT2D eigenvalue weighted by atomic mass is 35.5. The fraction of sp³-hybridized carbons (Fsp3) is 0.273. The Balaban J connectivity index is 1.62. The molecule has 0 N–H and O–H groups in total. The first-order valence-electron chi connectivity index (χ1n) is 9.94. The number of alkyl halides is 3. The normalized spacial score (nSPS) is 14.0. The first-order valence-corrected chi connectivity index (χ1v) is 10.3. The van der Waals surface area contributed by atoms with Crippen LogP contribution in [0.1, 0.15) is 39.7 Å². The van der Waals surface area contributed by atoms with Crippen LogP contribution in [0.5, 0.6) is 5.75 Å². The molecular formula is C22H16ClF4N5O2. The molecule has 3 heterocycles. The van der Waals surface area contributed by atoms with E-state index in [-0.39, 0.29) is 35.0 Å². The molecule has 34 heavy (non-hydrogen) atoms. The van der Waals surface area contributed by atoms with E-state index < -0.39 is 24.0 Å². The van der Waals surface area contributed by atoms with Crippen molar-refractivity contribution in [2.75, 3.05) is 0 Å². The van der Waals surface area contributed by atoms with Crippen molar-refractivity contribution in [3.05, 3.63) is 69.4 Å². The summed E-state index contributed by atoms with van der Waals surface area (Å²) in [5, 5.41) is 13.4. The third-order valence-corrected chi connectivity index (χ3v) is 5.73. The molecule has 1 unspecified atom stereocenters. The maximum atomic E-state index is 13.5. The highest BCUT2D eigenvalue weighted by molar-refractivity contribution is 6.35. The highest BCUT2D eigenvalue weighted by Crippen LogP contribution is 2.36. The zero-order valence-electron chi connectivity index (χ0n) is 17.8. The maximum Gasteiger partial charge on any atom is 0.425 e. The molecule has 0 saturated heterocycles. The lowest BCUT2D eigenvalue weighted by molar-refractivity contribution is -0.189. The van der Waals surface area contributed by atoms with Crippen molar-refractivity contribution in [1.82, 2.24) is 19.7 Å². The molecule has 1 aliphatic heterocycles. The van der Waals surface area contributed by atoms with E-state index in [9.17, 15) is 27.6 Å². The van der Waals surface area contributed by atoms with Gasteiger partial charge in [0.05, 0.1) is 29.0 Å². The number of aryl methyl sites for hydroxylation is 1. The largest absolute Gasteiger partial charge is 0.480 e. The number of ether oxygens (including phenoxy) is 1. The number of carbonyl (C=O) groups excluding carboxylic acids is 1. The second-order valence-electron chi connectivity index (χ2n) is 7.71. The number of hydrogen-bond acceptors (Lipinski definition) is 5. The number of carbonyl (C=O) groups is 1. The smallest absolute Gasteiger partial charge is 0.425 e. The Morgan fingerprint density at radius 1 is 1.32 bits per heavy atom. The molecule has 0 spiro atoms. The second-order valence-corrected chi connectivity index (χ2v) is 8.09. The van der Waals surface area contributed by atoms with E-state index in [1.807, 2.05) is 6.07 Å². The molecule has 3 aromatic rings. The minimum absolute atomic E-state index is 0.0444. The van der Waals surface area contributed by atoms with E-state index in [4.69, 9.17) is 16.3 Å². The van der Waals surface area contributed by atoms with E-state index in [0.29, 0.717) is 22.6 Å². The predicted molar refractivity (Wildman–Crippen MR) is 112 cm³/mol. The topological polar surface area (TPSA) is 84.0 Å². The lowest BCUT2D eigenvalue weighted by atomic mass is 10.1. The first-order chi connectivity index (χ1) is 16.0. The number of fused-ring (bicyclic) bond motifs is 1. The summed E-state index contributed by atoms with van der Waals surface area (Å²) in [7, 11) is 0. The van der Waals surface area contributed by atoms with Crippen LogP contribution in [0.15, 0.2) is 30.6 Å². The first kappa shape index (κ1) is 23.5. The number of nitrogens with zero attached hydrogens (tertiary/aromatic N) is 5. The minimum atomic E-state index is -4.67. The number of aromatic nitrogens is 3. The molecule has 0 fully saturated rings. The molecular weight excluding hydrogens is 478 g/mol. The van der Waals surface area contributed by atoms with Crippen molar-refractivity contribution in [1.29, 1.82) is 5.26 Å². The van der Waals surface area contributed by atoms with Gasteiger partial charge in [0.15, 0.2) is 11.9 Å². The summed E-state index contributed by atoms with van der Waals surface area (Å²) >= 11 is 6.21. The number of pyridine rings is 1. The Morgan fingerprint density at radius 2 is 2.06 bits per heavy atom. The summed E-state index contributed by atoms with van der Waals surface area (Å²) in [5.74, 6) is -1.13. The van der Waals surface area contributed by atoms with Crippen molar-refractivity contribution < 1.29 is 27.1 Å². The summed E-state index contributed by atoms with van der Waals surface area (Å²) in [6.45, 7) is 2.54. The molecule has 1 aliphatic rings. The van der Waals surface area contributed by atoms with Gasteiger partial charge >= 0.3 is 6.18 Å².